The van der Waals surface area contributed by atoms with Crippen LogP contribution >= 0.6 is 22.9 Å². The van der Waals surface area contributed by atoms with Gasteiger partial charge in [0.05, 0.1) is 11.4 Å². The van der Waals surface area contributed by atoms with Crippen molar-refractivity contribution in [3.05, 3.63) is 15.3 Å². The lowest BCUT2D eigenvalue weighted by atomic mass is 10.5. The summed E-state index contributed by atoms with van der Waals surface area (Å²) in [5.74, 6) is -0.932. The second-order valence-electron chi connectivity index (χ2n) is 2.17. The predicted octanol–water partition coefficient (Wildman–Crippen LogP) is 1.85. The number of thiophene rings is 1. The van der Waals surface area contributed by atoms with Crippen LogP contribution in [0.15, 0.2) is 11.0 Å². The highest BCUT2D eigenvalue weighted by Crippen LogP contribution is 2.31. The molecule has 0 aliphatic heterocycles. The third-order valence-corrected chi connectivity index (χ3v) is 3.52. The van der Waals surface area contributed by atoms with Crippen LogP contribution in [0.25, 0.3) is 0 Å². The van der Waals surface area contributed by atoms with Crippen LogP contribution in [0.2, 0.25) is 4.34 Å². The first-order chi connectivity index (χ1) is 6.36. The van der Waals surface area contributed by atoms with Gasteiger partial charge in [-0.2, -0.15) is 8.42 Å². The van der Waals surface area contributed by atoms with Crippen LogP contribution in [-0.2, 0) is 15.0 Å². The summed E-state index contributed by atoms with van der Waals surface area (Å²) in [6.45, 7) is 0. The zero-order valence-corrected chi connectivity index (χ0v) is 9.17. The Bertz CT molecular complexity index is 464. The fraction of sp³-hybridized carbons (Fsp3) is 0.167. The minimum absolute atomic E-state index is 0.00150. The van der Waals surface area contributed by atoms with E-state index < -0.39 is 21.1 Å². The van der Waals surface area contributed by atoms with E-state index >= 15 is 0 Å². The highest BCUT2D eigenvalue weighted by Gasteiger charge is 2.25. The number of carbonyl (C=O) groups excluding carboxylic acids is 1. The SMILES string of the molecule is COC(=O)c1sc(Cl)cc1S(=O)(=O)F. The summed E-state index contributed by atoms with van der Waals surface area (Å²) in [4.78, 5) is 9.88. The zero-order chi connectivity index (χ0) is 10.9. The van der Waals surface area contributed by atoms with E-state index in [1.807, 2.05) is 0 Å². The number of rotatable bonds is 2. The molecule has 0 fully saturated rings. The molecule has 0 aliphatic rings. The number of methoxy groups -OCH3 is 1. The van der Waals surface area contributed by atoms with Crippen LogP contribution in [0, 0.1) is 0 Å². The Morgan fingerprint density at radius 2 is 2.21 bits per heavy atom. The van der Waals surface area contributed by atoms with Gasteiger partial charge in [0.1, 0.15) is 9.77 Å². The Kier molecular flexibility index (Phi) is 3.13. The molecule has 4 nitrogen and oxygen atoms in total. The van der Waals surface area contributed by atoms with Gasteiger partial charge in [0, 0.05) is 0 Å². The van der Waals surface area contributed by atoms with Crippen molar-refractivity contribution in [1.29, 1.82) is 0 Å². The molecule has 0 saturated carbocycles. The Labute approximate surface area is 88.5 Å². The fourth-order valence-corrected chi connectivity index (χ4v) is 2.93. The molecule has 0 spiro atoms. The summed E-state index contributed by atoms with van der Waals surface area (Å²) in [5, 5.41) is 0. The molecule has 0 unspecified atom stereocenters. The molecule has 0 amide bonds. The molecule has 8 heteroatoms. The van der Waals surface area contributed by atoms with Crippen LogP contribution in [0.4, 0.5) is 3.89 Å². The summed E-state index contributed by atoms with van der Waals surface area (Å²) in [5.41, 5.74) is 0. The molecule has 1 rings (SSSR count). The fourth-order valence-electron chi connectivity index (χ4n) is 0.762. The van der Waals surface area contributed by atoms with Gasteiger partial charge in [-0.25, -0.2) is 4.79 Å². The molecule has 0 N–H and O–H groups in total. The number of ether oxygens (including phenoxy) is 1. The summed E-state index contributed by atoms with van der Waals surface area (Å²) in [6, 6.07) is 0.869. The number of halogens is 2. The first-order valence-electron chi connectivity index (χ1n) is 3.18. The number of hydrogen-bond donors (Lipinski definition) is 0. The first kappa shape index (κ1) is 11.4. The van der Waals surface area contributed by atoms with Gasteiger partial charge < -0.3 is 4.74 Å². The lowest BCUT2D eigenvalue weighted by Gasteiger charge is -1.96. The molecular formula is C6H4ClFO4S2. The second-order valence-corrected chi connectivity index (χ2v) is 5.17. The molecule has 0 saturated heterocycles. The lowest BCUT2D eigenvalue weighted by Crippen LogP contribution is -2.03. The largest absolute Gasteiger partial charge is 0.465 e. The minimum Gasteiger partial charge on any atom is -0.465 e. The van der Waals surface area contributed by atoms with Crippen LogP contribution in [-0.4, -0.2) is 21.5 Å². The third kappa shape index (κ3) is 2.23. The normalized spacial score (nSPS) is 11.4. The lowest BCUT2D eigenvalue weighted by molar-refractivity contribution is 0.0602. The predicted molar refractivity (Wildman–Crippen MR) is 49.0 cm³/mol. The van der Waals surface area contributed by atoms with Crippen molar-refractivity contribution in [3.8, 4) is 0 Å². The van der Waals surface area contributed by atoms with Gasteiger partial charge in [-0.1, -0.05) is 11.6 Å². The molecule has 0 aromatic carbocycles. The molecule has 14 heavy (non-hydrogen) atoms. The van der Waals surface area contributed by atoms with Gasteiger partial charge in [0.2, 0.25) is 0 Å². The summed E-state index contributed by atoms with van der Waals surface area (Å²) in [6.07, 6.45) is 0. The van der Waals surface area contributed by atoms with Crippen LogP contribution < -0.4 is 0 Å². The van der Waals surface area contributed by atoms with Gasteiger partial charge in [0.15, 0.2) is 0 Å². The monoisotopic (exact) mass is 258 g/mol. The highest BCUT2D eigenvalue weighted by molar-refractivity contribution is 7.86. The van der Waals surface area contributed by atoms with E-state index in [1.54, 1.807) is 0 Å². The average molecular weight is 259 g/mol. The molecular weight excluding hydrogens is 255 g/mol. The first-order valence-corrected chi connectivity index (χ1v) is 5.76. The molecule has 1 aromatic rings. The van der Waals surface area contributed by atoms with Crippen molar-refractivity contribution in [2.24, 2.45) is 0 Å². The Morgan fingerprint density at radius 1 is 1.64 bits per heavy atom. The van der Waals surface area contributed by atoms with Crippen molar-refractivity contribution in [1.82, 2.24) is 0 Å². The Morgan fingerprint density at radius 3 is 2.64 bits per heavy atom. The molecule has 1 aromatic heterocycles. The smallest absolute Gasteiger partial charge is 0.349 e. The third-order valence-electron chi connectivity index (χ3n) is 1.30. The van der Waals surface area contributed by atoms with E-state index in [0.29, 0.717) is 11.3 Å². The average Bonchev–Trinajstić information content (AvgIpc) is 2.45. The Balaban J connectivity index is 3.38. The summed E-state index contributed by atoms with van der Waals surface area (Å²) < 4.78 is 38.0. The van der Waals surface area contributed by atoms with Crippen LogP contribution in [0.3, 0.4) is 0 Å². The van der Waals surface area contributed by atoms with E-state index in [2.05, 4.69) is 4.74 Å². The van der Waals surface area contributed by atoms with Crippen molar-refractivity contribution >= 4 is 39.1 Å². The second kappa shape index (κ2) is 3.84. The quantitative estimate of drug-likeness (QED) is 0.600. The summed E-state index contributed by atoms with van der Waals surface area (Å²) >= 11 is 6.10. The van der Waals surface area contributed by atoms with E-state index in [0.717, 1.165) is 13.2 Å². The maximum atomic E-state index is 12.6. The number of hydrogen-bond acceptors (Lipinski definition) is 5. The van der Waals surface area contributed by atoms with Gasteiger partial charge in [-0.05, 0) is 6.07 Å². The molecule has 1 heterocycles. The van der Waals surface area contributed by atoms with E-state index in [4.69, 9.17) is 11.6 Å². The van der Waals surface area contributed by atoms with Crippen molar-refractivity contribution in [3.63, 3.8) is 0 Å². The number of carbonyl (C=O) groups is 1. The van der Waals surface area contributed by atoms with E-state index in [1.165, 1.54) is 0 Å². The van der Waals surface area contributed by atoms with Crippen LogP contribution in [0.1, 0.15) is 9.67 Å². The number of esters is 1. The van der Waals surface area contributed by atoms with E-state index in [9.17, 15) is 17.1 Å². The maximum absolute atomic E-state index is 12.6. The molecule has 0 radical (unpaired) electrons. The van der Waals surface area contributed by atoms with Gasteiger partial charge in [-0.3, -0.25) is 0 Å². The topological polar surface area (TPSA) is 60.4 Å². The van der Waals surface area contributed by atoms with Gasteiger partial charge >= 0.3 is 16.2 Å². The van der Waals surface area contributed by atoms with Gasteiger partial charge in [-0.15, -0.1) is 15.2 Å². The van der Waals surface area contributed by atoms with Gasteiger partial charge in [0.25, 0.3) is 0 Å². The van der Waals surface area contributed by atoms with Crippen LogP contribution in [0.5, 0.6) is 0 Å². The van der Waals surface area contributed by atoms with E-state index in [-0.39, 0.29) is 9.21 Å². The standard InChI is InChI=1S/C6H4ClFO4S2/c1-12-6(9)5-3(14(8,10)11)2-4(7)13-5/h2H,1H3. The minimum atomic E-state index is -4.94. The summed E-state index contributed by atoms with van der Waals surface area (Å²) in [7, 11) is -3.88. The van der Waals surface area contributed by atoms with Crippen molar-refractivity contribution in [2.75, 3.05) is 7.11 Å². The van der Waals surface area contributed by atoms with Crippen molar-refractivity contribution < 1.29 is 21.8 Å². The highest BCUT2D eigenvalue weighted by atomic mass is 35.5. The molecule has 0 aliphatic carbocycles. The maximum Gasteiger partial charge on any atom is 0.349 e. The zero-order valence-electron chi connectivity index (χ0n) is 6.78. The Hall–Kier alpha value is -0.660. The molecule has 0 bridgehead atoms. The molecule has 0 atom stereocenters. The van der Waals surface area contributed by atoms with Crippen molar-refractivity contribution in [2.45, 2.75) is 4.90 Å². The molecule has 78 valence electrons.